The molecule has 0 bridgehead atoms. The first-order chi connectivity index (χ1) is 26.1. The van der Waals surface area contributed by atoms with Crippen LogP contribution in [-0.2, 0) is 50.2 Å². The first-order valence-electron chi connectivity index (χ1n) is 22.0. The molecule has 0 aliphatic carbocycles. The molecule has 53 heavy (non-hydrogen) atoms. The maximum absolute atomic E-state index is 7.19. The molecule has 326 valence electrons. The van der Waals surface area contributed by atoms with Crippen LogP contribution in [0.4, 0.5) is 0 Å². The van der Waals surface area contributed by atoms with E-state index in [2.05, 4.69) is 55.4 Å². The fraction of sp³-hybridized carbons (Fsp3) is 1.00. The third-order valence-electron chi connectivity index (χ3n) is 8.08. The molecule has 0 saturated heterocycles. The first-order valence-corrected chi connectivity index (χ1v) is 38.2. The van der Waals surface area contributed by atoms with E-state index in [1.807, 2.05) is 0 Å². The van der Waals surface area contributed by atoms with E-state index in [0.717, 1.165) is 154 Å². The number of unbranched alkanes of at least 4 members (excludes halogenated alkanes) is 16. The summed E-state index contributed by atoms with van der Waals surface area (Å²) in [5, 5.41) is 0. The zero-order valence-electron chi connectivity index (χ0n) is 36.0. The van der Waals surface area contributed by atoms with Gasteiger partial charge in [-0.05, 0) is 0 Å². The van der Waals surface area contributed by atoms with Gasteiger partial charge in [0.05, 0.1) is 0 Å². The normalized spacial score (nSPS) is 12.8. The van der Waals surface area contributed by atoms with Gasteiger partial charge in [0.1, 0.15) is 0 Å². The summed E-state index contributed by atoms with van der Waals surface area (Å²) in [7, 11) is 0. The molecule has 0 amide bonds. The molecular formula is C40H88O8P4Pt. The van der Waals surface area contributed by atoms with Crippen molar-refractivity contribution in [2.24, 2.45) is 0 Å². The average Bonchev–Trinajstić information content (AvgIpc) is 3.17. The van der Waals surface area contributed by atoms with Crippen LogP contribution >= 0.6 is 25.9 Å². The second kappa shape index (κ2) is 42.2. The van der Waals surface area contributed by atoms with Crippen LogP contribution in [0.25, 0.3) is 0 Å². The minimum absolute atomic E-state index is 0.650. The summed E-state index contributed by atoms with van der Waals surface area (Å²) in [4.78, 5) is 0. The topological polar surface area (TPSA) is 73.8 Å². The molecule has 0 rings (SSSR count). The van der Waals surface area contributed by atoms with E-state index >= 15 is 0 Å². The SMILES string of the molecule is CCCCCO[P](OCCCCC)[Pt]([P](OCCCCC)OCCCCC)([P](OCCCCC)OCCCCC)[P](OCCCCC)OCCCCC. The molecule has 0 aliphatic rings. The number of rotatable bonds is 44. The van der Waals surface area contributed by atoms with Gasteiger partial charge >= 0.3 is 338 Å². The summed E-state index contributed by atoms with van der Waals surface area (Å²) in [6.07, 6.45) is 26.1. The van der Waals surface area contributed by atoms with Crippen LogP contribution in [0, 0.1) is 0 Å². The van der Waals surface area contributed by atoms with E-state index in [0.29, 0.717) is 52.9 Å². The van der Waals surface area contributed by atoms with Crippen LogP contribution in [0.2, 0.25) is 0 Å². The second-order valence-electron chi connectivity index (χ2n) is 13.5. The van der Waals surface area contributed by atoms with Crippen LogP contribution in [0.15, 0.2) is 0 Å². The van der Waals surface area contributed by atoms with Crippen molar-refractivity contribution in [1.29, 1.82) is 0 Å². The Balaban J connectivity index is 7.79. The van der Waals surface area contributed by atoms with Gasteiger partial charge in [-0.3, -0.25) is 0 Å². The van der Waals surface area contributed by atoms with Crippen molar-refractivity contribution >= 4 is 25.9 Å². The van der Waals surface area contributed by atoms with Gasteiger partial charge in [-0.2, -0.15) is 0 Å². The molecule has 0 saturated carbocycles. The van der Waals surface area contributed by atoms with Gasteiger partial charge in [-0.25, -0.2) is 0 Å². The van der Waals surface area contributed by atoms with Gasteiger partial charge in [-0.15, -0.1) is 0 Å². The van der Waals surface area contributed by atoms with Crippen molar-refractivity contribution in [2.75, 3.05) is 52.9 Å². The maximum atomic E-state index is 7.19. The Hall–Kier alpha value is 2.09. The molecule has 0 aromatic rings. The summed E-state index contributed by atoms with van der Waals surface area (Å²) >= 11 is -4.02. The van der Waals surface area contributed by atoms with E-state index in [1.54, 1.807) is 0 Å². The Morgan fingerprint density at radius 2 is 0.358 bits per heavy atom. The Morgan fingerprint density at radius 1 is 0.226 bits per heavy atom. The van der Waals surface area contributed by atoms with Crippen LogP contribution in [-0.4, -0.2) is 52.9 Å². The number of hydrogen-bond donors (Lipinski definition) is 0. The molecular weight excluding hydrogens is 927 g/mol. The molecule has 0 fully saturated rings. The van der Waals surface area contributed by atoms with Gasteiger partial charge < -0.3 is 0 Å². The summed E-state index contributed by atoms with van der Waals surface area (Å²) in [6, 6.07) is 0. The van der Waals surface area contributed by atoms with E-state index in [1.165, 1.54) is 0 Å². The molecule has 0 aromatic carbocycles. The van der Waals surface area contributed by atoms with Crippen molar-refractivity contribution in [2.45, 2.75) is 209 Å². The second-order valence-corrected chi connectivity index (χ2v) is 54.6. The Labute approximate surface area is 336 Å². The third-order valence-corrected chi connectivity index (χ3v) is 63.1. The van der Waals surface area contributed by atoms with Crippen LogP contribution in [0.1, 0.15) is 209 Å². The zero-order valence-corrected chi connectivity index (χ0v) is 41.8. The standard InChI is InChI=1S/4C10H22O2P.Pt/c4*1-3-5-7-9-11-13-12-10-8-6-4-2;/h4*3-10H2,1-2H3;/q4*-1;+4. The van der Waals surface area contributed by atoms with E-state index in [9.17, 15) is 0 Å². The van der Waals surface area contributed by atoms with Gasteiger partial charge in [0.25, 0.3) is 0 Å². The predicted molar refractivity (Wildman–Crippen MR) is 231 cm³/mol. The van der Waals surface area contributed by atoms with E-state index in [-0.39, 0.29) is 0 Å². The molecule has 0 spiro atoms. The fourth-order valence-corrected chi connectivity index (χ4v) is 62.3. The Bertz CT molecular complexity index is 571. The molecule has 8 nitrogen and oxygen atoms in total. The van der Waals surface area contributed by atoms with E-state index in [4.69, 9.17) is 36.2 Å². The van der Waals surface area contributed by atoms with Crippen molar-refractivity contribution < 1.29 is 50.2 Å². The summed E-state index contributed by atoms with van der Waals surface area (Å²) < 4.78 is 57.5. The predicted octanol–water partition coefficient (Wildman–Crippen LogP) is 16.7. The monoisotopic (exact) mass is 1020 g/mol. The zero-order chi connectivity index (χ0) is 39.1. The van der Waals surface area contributed by atoms with Crippen LogP contribution in [0.5, 0.6) is 0 Å². The first kappa shape index (κ1) is 55.1. The molecule has 0 N–H and O–H groups in total. The average molecular weight is 1020 g/mol. The Kier molecular flexibility index (Phi) is 43.9. The Morgan fingerprint density at radius 3 is 0.472 bits per heavy atom. The van der Waals surface area contributed by atoms with Crippen LogP contribution in [0.3, 0.4) is 0 Å². The van der Waals surface area contributed by atoms with Crippen molar-refractivity contribution in [1.82, 2.24) is 0 Å². The van der Waals surface area contributed by atoms with Gasteiger partial charge in [0.2, 0.25) is 0 Å². The molecule has 0 heterocycles. The molecule has 0 atom stereocenters. The van der Waals surface area contributed by atoms with Crippen molar-refractivity contribution in [3.63, 3.8) is 0 Å². The van der Waals surface area contributed by atoms with Crippen LogP contribution < -0.4 is 0 Å². The molecule has 0 aromatic heterocycles. The van der Waals surface area contributed by atoms with Crippen molar-refractivity contribution in [3.05, 3.63) is 0 Å². The van der Waals surface area contributed by atoms with Gasteiger partial charge in [0, 0.05) is 0 Å². The summed E-state index contributed by atoms with van der Waals surface area (Å²) in [5.74, 6) is 0. The number of hydrogen-bond acceptors (Lipinski definition) is 8. The van der Waals surface area contributed by atoms with Gasteiger partial charge in [-0.1, -0.05) is 0 Å². The molecule has 0 unspecified atom stereocenters. The molecule has 13 heteroatoms. The molecule has 0 aliphatic heterocycles. The van der Waals surface area contributed by atoms with E-state index < -0.39 is 39.9 Å². The fourth-order valence-electron chi connectivity index (χ4n) is 4.70. The minimum atomic E-state index is -4.02. The summed E-state index contributed by atoms with van der Waals surface area (Å²) in [6.45, 7) is 17.2. The van der Waals surface area contributed by atoms with Gasteiger partial charge in [0.15, 0.2) is 0 Å². The summed E-state index contributed by atoms with van der Waals surface area (Å²) in [5.41, 5.74) is 0. The molecule has 0 radical (unpaired) electrons. The quantitative estimate of drug-likeness (QED) is 0.0441. The van der Waals surface area contributed by atoms with Crippen molar-refractivity contribution in [3.8, 4) is 0 Å². The third kappa shape index (κ3) is 26.7.